The Hall–Kier alpha value is -0.840. The summed E-state index contributed by atoms with van der Waals surface area (Å²) in [5.74, 6) is 0. The van der Waals surface area contributed by atoms with Gasteiger partial charge in [-0.3, -0.25) is 0 Å². The second kappa shape index (κ2) is 4.35. The van der Waals surface area contributed by atoms with Gasteiger partial charge in [0.1, 0.15) is 0 Å². The zero-order chi connectivity index (χ0) is 10.8. The minimum atomic E-state index is -0.0573. The highest BCUT2D eigenvalue weighted by Crippen LogP contribution is 2.24. The fraction of sp³-hybridized carbons (Fsp3) is 0.100. The Bertz CT molecular complexity index is 484. The van der Waals surface area contributed by atoms with Crippen LogP contribution in [0.2, 0.25) is 5.02 Å². The molecule has 1 N–H and O–H groups in total. The van der Waals surface area contributed by atoms with Gasteiger partial charge in [0.15, 0.2) is 0 Å². The van der Waals surface area contributed by atoms with E-state index in [0.29, 0.717) is 10.7 Å². The summed E-state index contributed by atoms with van der Waals surface area (Å²) in [6, 6.07) is 7.22. The molecule has 1 aromatic heterocycles. The first-order chi connectivity index (χ1) is 7.20. The third kappa shape index (κ3) is 2.22. The van der Waals surface area contributed by atoms with E-state index >= 15 is 0 Å². The maximum atomic E-state index is 8.90. The summed E-state index contributed by atoms with van der Waals surface area (Å²) in [5, 5.41) is 13.8. The van der Waals surface area contributed by atoms with Crippen LogP contribution in [0, 0.1) is 0 Å². The Labute approximate surface area is 100 Å². The lowest BCUT2D eigenvalue weighted by Crippen LogP contribution is -1.97. The Morgan fingerprint density at radius 2 is 2.20 bits per heavy atom. The molecule has 0 aliphatic carbocycles. The van der Waals surface area contributed by atoms with E-state index in [9.17, 15) is 0 Å². The zero-order valence-electron chi connectivity index (χ0n) is 7.69. The number of nitrogens with zero attached hydrogens (tertiary/aromatic N) is 2. The van der Waals surface area contributed by atoms with E-state index in [1.165, 1.54) is 0 Å². The van der Waals surface area contributed by atoms with E-state index in [0.717, 1.165) is 10.2 Å². The standard InChI is InChI=1S/C10H8BrClN2O/c11-9-5-7(12)1-2-10(9)14-4-3-8(6-15)13-14/h1-5,15H,6H2. The fourth-order valence-electron chi connectivity index (χ4n) is 1.25. The van der Waals surface area contributed by atoms with Gasteiger partial charge in [-0.15, -0.1) is 0 Å². The van der Waals surface area contributed by atoms with E-state index in [1.54, 1.807) is 29.1 Å². The fourth-order valence-corrected chi connectivity index (χ4v) is 2.11. The summed E-state index contributed by atoms with van der Waals surface area (Å²) in [4.78, 5) is 0. The van der Waals surface area contributed by atoms with Crippen molar-refractivity contribution in [3.8, 4) is 5.69 Å². The van der Waals surface area contributed by atoms with Gasteiger partial charge < -0.3 is 5.11 Å². The molecular formula is C10H8BrClN2O. The van der Waals surface area contributed by atoms with Gasteiger partial charge in [-0.05, 0) is 40.2 Å². The molecule has 0 saturated heterocycles. The average molecular weight is 288 g/mol. The van der Waals surface area contributed by atoms with Crippen molar-refractivity contribution in [1.29, 1.82) is 0 Å². The first-order valence-corrected chi connectivity index (χ1v) is 5.48. The maximum Gasteiger partial charge on any atom is 0.0883 e. The van der Waals surface area contributed by atoms with Gasteiger partial charge >= 0.3 is 0 Å². The molecule has 5 heteroatoms. The lowest BCUT2D eigenvalue weighted by molar-refractivity contribution is 0.276. The Morgan fingerprint density at radius 3 is 2.80 bits per heavy atom. The largest absolute Gasteiger partial charge is 0.390 e. The predicted octanol–water partition coefficient (Wildman–Crippen LogP) is 2.78. The molecule has 0 spiro atoms. The lowest BCUT2D eigenvalue weighted by atomic mass is 10.3. The topological polar surface area (TPSA) is 38.0 Å². The normalized spacial score (nSPS) is 10.6. The highest BCUT2D eigenvalue weighted by Gasteiger charge is 2.04. The molecule has 0 aliphatic rings. The van der Waals surface area contributed by atoms with Crippen molar-refractivity contribution in [2.75, 3.05) is 0 Å². The molecular weight excluding hydrogens is 279 g/mol. The minimum absolute atomic E-state index is 0.0573. The average Bonchev–Trinajstić information content (AvgIpc) is 2.66. The van der Waals surface area contributed by atoms with Gasteiger partial charge in [-0.1, -0.05) is 11.6 Å². The first kappa shape index (κ1) is 10.7. The molecule has 0 saturated carbocycles. The number of hydrogen-bond donors (Lipinski definition) is 1. The third-order valence-electron chi connectivity index (χ3n) is 1.96. The molecule has 2 rings (SSSR count). The van der Waals surface area contributed by atoms with Crippen molar-refractivity contribution in [2.45, 2.75) is 6.61 Å². The summed E-state index contributed by atoms with van der Waals surface area (Å²) in [6.07, 6.45) is 1.79. The molecule has 1 heterocycles. The number of rotatable bonds is 2. The van der Waals surface area contributed by atoms with Crippen molar-refractivity contribution >= 4 is 27.5 Å². The Balaban J connectivity index is 2.44. The zero-order valence-corrected chi connectivity index (χ0v) is 10.0. The molecule has 3 nitrogen and oxygen atoms in total. The van der Waals surface area contributed by atoms with Gasteiger partial charge in [0.2, 0.25) is 0 Å². The second-order valence-electron chi connectivity index (χ2n) is 3.01. The van der Waals surface area contributed by atoms with Gasteiger partial charge in [0.25, 0.3) is 0 Å². The summed E-state index contributed by atoms with van der Waals surface area (Å²) in [5.41, 5.74) is 1.52. The van der Waals surface area contributed by atoms with Crippen LogP contribution in [-0.4, -0.2) is 14.9 Å². The highest BCUT2D eigenvalue weighted by molar-refractivity contribution is 9.10. The van der Waals surface area contributed by atoms with Crippen LogP contribution >= 0.6 is 27.5 Å². The number of benzene rings is 1. The Kier molecular flexibility index (Phi) is 3.09. The molecule has 0 bridgehead atoms. The van der Waals surface area contributed by atoms with Gasteiger partial charge in [-0.2, -0.15) is 5.10 Å². The number of aliphatic hydroxyl groups is 1. The molecule has 0 fully saturated rings. The first-order valence-electron chi connectivity index (χ1n) is 4.31. The van der Waals surface area contributed by atoms with Gasteiger partial charge in [0.05, 0.1) is 18.0 Å². The molecule has 0 radical (unpaired) electrons. The van der Waals surface area contributed by atoms with Crippen LogP contribution in [0.15, 0.2) is 34.9 Å². The molecule has 0 aliphatic heterocycles. The lowest BCUT2D eigenvalue weighted by Gasteiger charge is -2.04. The summed E-state index contributed by atoms with van der Waals surface area (Å²) < 4.78 is 2.55. The number of halogens is 2. The summed E-state index contributed by atoms with van der Waals surface area (Å²) in [6.45, 7) is -0.0573. The van der Waals surface area contributed by atoms with Gasteiger partial charge in [0, 0.05) is 15.7 Å². The van der Waals surface area contributed by atoms with Gasteiger partial charge in [-0.25, -0.2) is 4.68 Å². The van der Waals surface area contributed by atoms with Crippen LogP contribution in [0.3, 0.4) is 0 Å². The number of aliphatic hydroxyl groups excluding tert-OH is 1. The van der Waals surface area contributed by atoms with Crippen LogP contribution in [-0.2, 0) is 6.61 Å². The molecule has 15 heavy (non-hydrogen) atoms. The second-order valence-corrected chi connectivity index (χ2v) is 4.30. The van der Waals surface area contributed by atoms with Crippen LogP contribution < -0.4 is 0 Å². The number of aromatic nitrogens is 2. The van der Waals surface area contributed by atoms with Crippen molar-refractivity contribution < 1.29 is 5.11 Å². The number of hydrogen-bond acceptors (Lipinski definition) is 2. The van der Waals surface area contributed by atoms with Crippen LogP contribution in [0.1, 0.15) is 5.69 Å². The smallest absolute Gasteiger partial charge is 0.0883 e. The monoisotopic (exact) mass is 286 g/mol. The van der Waals surface area contributed by atoms with E-state index in [1.807, 2.05) is 6.07 Å². The minimum Gasteiger partial charge on any atom is -0.390 e. The van der Waals surface area contributed by atoms with Crippen LogP contribution in [0.5, 0.6) is 0 Å². The summed E-state index contributed by atoms with van der Waals surface area (Å²) >= 11 is 9.24. The highest BCUT2D eigenvalue weighted by atomic mass is 79.9. The van der Waals surface area contributed by atoms with Crippen LogP contribution in [0.25, 0.3) is 5.69 Å². The molecule has 0 atom stereocenters. The predicted molar refractivity (Wildman–Crippen MR) is 62.2 cm³/mol. The quantitative estimate of drug-likeness (QED) is 0.922. The molecule has 0 amide bonds. The maximum absolute atomic E-state index is 8.90. The third-order valence-corrected chi connectivity index (χ3v) is 2.83. The van der Waals surface area contributed by atoms with E-state index < -0.39 is 0 Å². The van der Waals surface area contributed by atoms with Crippen molar-refractivity contribution in [1.82, 2.24) is 9.78 Å². The summed E-state index contributed by atoms with van der Waals surface area (Å²) in [7, 11) is 0. The van der Waals surface area contributed by atoms with Crippen molar-refractivity contribution in [2.24, 2.45) is 0 Å². The van der Waals surface area contributed by atoms with E-state index in [4.69, 9.17) is 16.7 Å². The molecule has 2 aromatic rings. The van der Waals surface area contributed by atoms with Crippen LogP contribution in [0.4, 0.5) is 0 Å². The Morgan fingerprint density at radius 1 is 1.40 bits per heavy atom. The van der Waals surface area contributed by atoms with Crippen molar-refractivity contribution in [3.63, 3.8) is 0 Å². The molecule has 1 aromatic carbocycles. The molecule has 78 valence electrons. The SMILES string of the molecule is OCc1ccn(-c2ccc(Cl)cc2Br)n1. The van der Waals surface area contributed by atoms with E-state index in [2.05, 4.69) is 21.0 Å². The van der Waals surface area contributed by atoms with E-state index in [-0.39, 0.29) is 6.61 Å². The van der Waals surface area contributed by atoms with Crippen molar-refractivity contribution in [3.05, 3.63) is 45.7 Å². The molecule has 0 unspecified atom stereocenters.